The molecule has 6 heteroatoms. The lowest BCUT2D eigenvalue weighted by Gasteiger charge is -2.28. The second kappa shape index (κ2) is 9.17. The molecule has 138 valence electrons. The molecule has 1 amide bonds. The van der Waals surface area contributed by atoms with E-state index >= 15 is 0 Å². The number of piperidine rings is 1. The molecule has 1 N–H and O–H groups in total. The topological polar surface area (TPSA) is 71.2 Å². The Labute approximate surface area is 154 Å². The molecule has 0 bridgehead atoms. The van der Waals surface area contributed by atoms with Gasteiger partial charge in [-0.1, -0.05) is 47.7 Å². The summed E-state index contributed by atoms with van der Waals surface area (Å²) in [6, 6.07) is 10.3. The number of hydrogen-bond acceptors (Lipinski definition) is 3. The summed E-state index contributed by atoms with van der Waals surface area (Å²) in [6.45, 7) is 2.05. The van der Waals surface area contributed by atoms with Crippen LogP contribution in [0.3, 0.4) is 0 Å². The van der Waals surface area contributed by atoms with E-state index in [9.17, 15) is 4.79 Å². The number of aryl methyl sites for hydroxylation is 1. The van der Waals surface area contributed by atoms with Crippen LogP contribution in [0.5, 0.6) is 0 Å². The number of hydrogen-bond donors (Lipinski definition) is 1. The molecule has 0 saturated carbocycles. The lowest BCUT2D eigenvalue weighted by Crippen LogP contribution is -2.36. The van der Waals surface area contributed by atoms with Crippen molar-refractivity contribution in [1.82, 2.24) is 19.9 Å². The predicted molar refractivity (Wildman–Crippen MR) is 100.0 cm³/mol. The number of aromatic nitrogens is 3. The number of benzene rings is 1. The molecule has 1 aliphatic heterocycles. The van der Waals surface area contributed by atoms with E-state index in [1.165, 1.54) is 10.5 Å². The summed E-state index contributed by atoms with van der Waals surface area (Å²) >= 11 is 0. The van der Waals surface area contributed by atoms with Gasteiger partial charge in [0.05, 0.1) is 12.2 Å². The van der Waals surface area contributed by atoms with Crippen molar-refractivity contribution >= 4 is 6.09 Å². The van der Waals surface area contributed by atoms with Crippen molar-refractivity contribution in [2.24, 2.45) is 5.92 Å². The molecule has 0 unspecified atom stereocenters. The van der Waals surface area contributed by atoms with Crippen molar-refractivity contribution in [3.05, 3.63) is 59.9 Å². The van der Waals surface area contributed by atoms with Gasteiger partial charge in [-0.05, 0) is 43.6 Å². The van der Waals surface area contributed by atoms with Crippen LogP contribution in [0.25, 0.3) is 0 Å². The largest absolute Gasteiger partial charge is 0.465 e. The van der Waals surface area contributed by atoms with Gasteiger partial charge in [-0.3, -0.25) is 0 Å². The maximum atomic E-state index is 10.9. The van der Waals surface area contributed by atoms with Crippen molar-refractivity contribution in [2.45, 2.75) is 38.6 Å². The lowest BCUT2D eigenvalue weighted by atomic mass is 9.96. The van der Waals surface area contributed by atoms with Gasteiger partial charge in [0, 0.05) is 19.3 Å². The standard InChI is InChI=1S/C20H26N4O2/c25-20(26)23-13-11-17(12-14-23)7-3-2-6-10-19-16-24(22-21-19)15-18-8-4-1-5-9-18/h1,3-5,7-9,16-17H,2,6,10-15H2,(H,25,26)/b7-3+. The van der Waals surface area contributed by atoms with Crippen molar-refractivity contribution in [2.75, 3.05) is 13.1 Å². The van der Waals surface area contributed by atoms with Gasteiger partial charge in [0.25, 0.3) is 0 Å². The number of carboxylic acid groups (broad SMARTS) is 1. The van der Waals surface area contributed by atoms with E-state index in [1.807, 2.05) is 29.1 Å². The van der Waals surface area contributed by atoms with E-state index in [4.69, 9.17) is 5.11 Å². The Morgan fingerprint density at radius 1 is 1.23 bits per heavy atom. The Bertz CT molecular complexity index is 718. The van der Waals surface area contributed by atoms with Gasteiger partial charge in [0.1, 0.15) is 0 Å². The van der Waals surface area contributed by atoms with Crippen LogP contribution < -0.4 is 0 Å². The number of allylic oxidation sites excluding steroid dienone is 2. The van der Waals surface area contributed by atoms with Gasteiger partial charge in [-0.15, -0.1) is 5.10 Å². The maximum absolute atomic E-state index is 10.9. The fourth-order valence-electron chi connectivity index (χ4n) is 3.27. The molecule has 2 heterocycles. The third-order valence-corrected chi connectivity index (χ3v) is 4.80. The molecular formula is C20H26N4O2. The zero-order valence-electron chi connectivity index (χ0n) is 15.0. The molecule has 0 spiro atoms. The first-order chi connectivity index (χ1) is 12.7. The first-order valence-corrected chi connectivity index (χ1v) is 9.28. The molecule has 0 radical (unpaired) electrons. The zero-order chi connectivity index (χ0) is 18.2. The molecular weight excluding hydrogens is 328 g/mol. The van der Waals surface area contributed by atoms with Crippen LogP contribution in [-0.2, 0) is 13.0 Å². The molecule has 1 aliphatic rings. The lowest BCUT2D eigenvalue weighted by molar-refractivity contribution is 0.129. The van der Waals surface area contributed by atoms with E-state index < -0.39 is 6.09 Å². The normalized spacial score (nSPS) is 15.6. The number of carbonyl (C=O) groups is 1. The highest BCUT2D eigenvalue weighted by atomic mass is 16.4. The van der Waals surface area contributed by atoms with Crippen LogP contribution in [0.15, 0.2) is 48.7 Å². The molecule has 1 aromatic carbocycles. The fourth-order valence-corrected chi connectivity index (χ4v) is 3.27. The van der Waals surface area contributed by atoms with E-state index in [0.717, 1.165) is 44.3 Å². The molecule has 2 aromatic rings. The molecule has 1 aromatic heterocycles. The van der Waals surface area contributed by atoms with Gasteiger partial charge in [-0.2, -0.15) is 0 Å². The first-order valence-electron chi connectivity index (χ1n) is 9.28. The number of unbranched alkanes of at least 4 members (excludes halogenated alkanes) is 1. The van der Waals surface area contributed by atoms with Crippen LogP contribution in [0.1, 0.15) is 36.9 Å². The summed E-state index contributed by atoms with van der Waals surface area (Å²) < 4.78 is 1.89. The monoisotopic (exact) mass is 354 g/mol. The highest BCUT2D eigenvalue weighted by Gasteiger charge is 2.20. The van der Waals surface area contributed by atoms with Crippen LogP contribution in [-0.4, -0.2) is 44.2 Å². The number of likely N-dealkylation sites (tertiary alicyclic amines) is 1. The Morgan fingerprint density at radius 3 is 2.73 bits per heavy atom. The summed E-state index contributed by atoms with van der Waals surface area (Å²) in [5.74, 6) is 0.511. The Hall–Kier alpha value is -2.63. The quantitative estimate of drug-likeness (QED) is 0.609. The highest BCUT2D eigenvalue weighted by Crippen LogP contribution is 2.19. The summed E-state index contributed by atoms with van der Waals surface area (Å²) in [5, 5.41) is 17.4. The molecule has 3 rings (SSSR count). The van der Waals surface area contributed by atoms with Gasteiger partial charge >= 0.3 is 6.09 Å². The zero-order valence-corrected chi connectivity index (χ0v) is 15.0. The van der Waals surface area contributed by atoms with E-state index in [-0.39, 0.29) is 0 Å². The average molecular weight is 354 g/mol. The average Bonchev–Trinajstić information content (AvgIpc) is 3.10. The fraction of sp³-hybridized carbons (Fsp3) is 0.450. The Kier molecular flexibility index (Phi) is 6.41. The van der Waals surface area contributed by atoms with Crippen molar-refractivity contribution in [3.63, 3.8) is 0 Å². The van der Waals surface area contributed by atoms with E-state index in [1.54, 1.807) is 0 Å². The van der Waals surface area contributed by atoms with Gasteiger partial charge in [0.2, 0.25) is 0 Å². The summed E-state index contributed by atoms with van der Waals surface area (Å²) in [4.78, 5) is 12.4. The molecule has 1 saturated heterocycles. The minimum Gasteiger partial charge on any atom is -0.465 e. The summed E-state index contributed by atoms with van der Waals surface area (Å²) in [7, 11) is 0. The van der Waals surface area contributed by atoms with E-state index in [0.29, 0.717) is 19.0 Å². The van der Waals surface area contributed by atoms with Crippen LogP contribution in [0.2, 0.25) is 0 Å². The summed E-state index contributed by atoms with van der Waals surface area (Å²) in [6.07, 6.45) is 10.6. The molecule has 1 fully saturated rings. The van der Waals surface area contributed by atoms with Crippen molar-refractivity contribution in [1.29, 1.82) is 0 Å². The van der Waals surface area contributed by atoms with Crippen LogP contribution in [0, 0.1) is 5.92 Å². The minimum absolute atomic E-state index is 0.511. The second-order valence-electron chi connectivity index (χ2n) is 6.82. The number of rotatable bonds is 7. The Balaban J connectivity index is 1.35. The summed E-state index contributed by atoms with van der Waals surface area (Å²) in [5.41, 5.74) is 2.25. The van der Waals surface area contributed by atoms with Gasteiger partial charge < -0.3 is 10.0 Å². The van der Waals surface area contributed by atoms with Gasteiger partial charge in [-0.25, -0.2) is 9.48 Å². The Morgan fingerprint density at radius 2 is 2.00 bits per heavy atom. The first kappa shape index (κ1) is 18.2. The van der Waals surface area contributed by atoms with Crippen molar-refractivity contribution in [3.8, 4) is 0 Å². The molecule has 26 heavy (non-hydrogen) atoms. The smallest absolute Gasteiger partial charge is 0.407 e. The maximum Gasteiger partial charge on any atom is 0.407 e. The number of nitrogens with zero attached hydrogens (tertiary/aromatic N) is 4. The van der Waals surface area contributed by atoms with Gasteiger partial charge in [0.15, 0.2) is 0 Å². The highest BCUT2D eigenvalue weighted by molar-refractivity contribution is 5.65. The SMILES string of the molecule is O=C(O)N1CCC(/C=C/CCCc2cn(Cc3ccccc3)nn2)CC1. The van der Waals surface area contributed by atoms with Crippen molar-refractivity contribution < 1.29 is 9.90 Å². The predicted octanol–water partition coefficient (Wildman–Crippen LogP) is 3.60. The second-order valence-corrected chi connectivity index (χ2v) is 6.82. The molecule has 0 aliphatic carbocycles. The third-order valence-electron chi connectivity index (χ3n) is 4.80. The number of amides is 1. The minimum atomic E-state index is -0.798. The molecule has 6 nitrogen and oxygen atoms in total. The van der Waals surface area contributed by atoms with Crippen LogP contribution in [0.4, 0.5) is 4.79 Å². The third kappa shape index (κ3) is 5.44. The van der Waals surface area contributed by atoms with Crippen LogP contribution >= 0.6 is 0 Å². The van der Waals surface area contributed by atoms with E-state index in [2.05, 4.69) is 34.6 Å². The molecule has 0 atom stereocenters.